The highest BCUT2D eigenvalue weighted by molar-refractivity contribution is 5.82. The van der Waals surface area contributed by atoms with E-state index in [-0.39, 0.29) is 24.3 Å². The number of hydrogen-bond donors (Lipinski definition) is 0. The standard InChI is InChI=1S/C28H36O4/c1-4-17-31-27(29)21-26(28(30)32-18-5-2)20-25(24-15-11-8-12-16-24)19-22(6-3)23-13-9-7-10-14-23/h7-16,19,22,26H,4-6,17-18,20-21H2,1-3H3. The Balaban J connectivity index is 2.36. The van der Waals surface area contributed by atoms with Crippen LogP contribution in [-0.2, 0) is 19.1 Å². The van der Waals surface area contributed by atoms with Crippen molar-refractivity contribution in [3.05, 3.63) is 77.9 Å². The number of esters is 2. The molecule has 0 saturated carbocycles. The van der Waals surface area contributed by atoms with Crippen molar-refractivity contribution in [2.45, 2.75) is 58.8 Å². The summed E-state index contributed by atoms with van der Waals surface area (Å²) >= 11 is 0. The molecular weight excluding hydrogens is 400 g/mol. The predicted octanol–water partition coefficient (Wildman–Crippen LogP) is 6.57. The van der Waals surface area contributed by atoms with Crippen LogP contribution in [0, 0.1) is 5.92 Å². The van der Waals surface area contributed by atoms with Crippen molar-refractivity contribution in [2.75, 3.05) is 13.2 Å². The highest BCUT2D eigenvalue weighted by atomic mass is 16.5. The Kier molecular flexibility index (Phi) is 11.3. The molecule has 0 aliphatic heterocycles. The van der Waals surface area contributed by atoms with Gasteiger partial charge in [0.15, 0.2) is 0 Å². The van der Waals surface area contributed by atoms with Crippen molar-refractivity contribution in [2.24, 2.45) is 5.92 Å². The monoisotopic (exact) mass is 436 g/mol. The first-order valence-electron chi connectivity index (χ1n) is 11.7. The van der Waals surface area contributed by atoms with E-state index in [1.54, 1.807) is 0 Å². The van der Waals surface area contributed by atoms with E-state index in [1.165, 1.54) is 5.56 Å². The van der Waals surface area contributed by atoms with E-state index in [4.69, 9.17) is 9.47 Å². The van der Waals surface area contributed by atoms with Crippen LogP contribution in [-0.4, -0.2) is 25.2 Å². The molecule has 0 radical (unpaired) electrons. The maximum Gasteiger partial charge on any atom is 0.309 e. The molecule has 0 amide bonds. The van der Waals surface area contributed by atoms with Gasteiger partial charge in [0.1, 0.15) is 0 Å². The van der Waals surface area contributed by atoms with Crippen LogP contribution in [0.25, 0.3) is 5.57 Å². The van der Waals surface area contributed by atoms with Crippen LogP contribution in [0.15, 0.2) is 66.7 Å². The van der Waals surface area contributed by atoms with E-state index in [1.807, 2.05) is 62.4 Å². The molecule has 2 rings (SSSR count). The summed E-state index contributed by atoms with van der Waals surface area (Å²) in [6, 6.07) is 20.4. The molecule has 0 N–H and O–H groups in total. The SMILES string of the molecule is CCCOC(=O)CC(CC(=CC(CC)c1ccccc1)c1ccccc1)C(=O)OCCC. The summed E-state index contributed by atoms with van der Waals surface area (Å²) in [6.07, 6.45) is 5.12. The Hall–Kier alpha value is -2.88. The molecule has 2 aromatic carbocycles. The second-order valence-electron chi connectivity index (χ2n) is 7.98. The maximum absolute atomic E-state index is 12.8. The van der Waals surface area contributed by atoms with Crippen molar-refractivity contribution in [3.8, 4) is 0 Å². The first-order valence-corrected chi connectivity index (χ1v) is 11.7. The summed E-state index contributed by atoms with van der Waals surface area (Å²) in [7, 11) is 0. The first kappa shape index (κ1) is 25.4. The largest absolute Gasteiger partial charge is 0.466 e. The molecule has 0 aromatic heterocycles. The van der Waals surface area contributed by atoms with Gasteiger partial charge in [0.05, 0.1) is 25.6 Å². The predicted molar refractivity (Wildman–Crippen MR) is 129 cm³/mol. The molecule has 0 aliphatic rings. The molecule has 172 valence electrons. The lowest BCUT2D eigenvalue weighted by Gasteiger charge is -2.20. The number of allylic oxidation sites excluding steroid dienone is 2. The Bertz CT molecular complexity index is 842. The highest BCUT2D eigenvalue weighted by Gasteiger charge is 2.26. The van der Waals surface area contributed by atoms with Crippen LogP contribution < -0.4 is 0 Å². The number of benzene rings is 2. The lowest BCUT2D eigenvalue weighted by atomic mass is 9.87. The highest BCUT2D eigenvalue weighted by Crippen LogP contribution is 2.31. The van der Waals surface area contributed by atoms with Gasteiger partial charge in [-0.05, 0) is 42.4 Å². The number of carbonyl (C=O) groups is 2. The summed E-state index contributed by atoms with van der Waals surface area (Å²) in [5.41, 5.74) is 3.33. The van der Waals surface area contributed by atoms with Crippen LogP contribution in [0.2, 0.25) is 0 Å². The topological polar surface area (TPSA) is 52.6 Å². The fourth-order valence-corrected chi connectivity index (χ4v) is 3.63. The molecule has 2 atom stereocenters. The van der Waals surface area contributed by atoms with Gasteiger partial charge in [-0.3, -0.25) is 9.59 Å². The zero-order valence-corrected chi connectivity index (χ0v) is 19.6. The van der Waals surface area contributed by atoms with Crippen molar-refractivity contribution >= 4 is 17.5 Å². The van der Waals surface area contributed by atoms with E-state index < -0.39 is 5.92 Å². The third-order valence-corrected chi connectivity index (χ3v) is 5.34. The summed E-state index contributed by atoms with van der Waals surface area (Å²) in [6.45, 7) is 6.78. The summed E-state index contributed by atoms with van der Waals surface area (Å²) < 4.78 is 10.7. The van der Waals surface area contributed by atoms with Crippen LogP contribution in [0.3, 0.4) is 0 Å². The molecule has 0 aliphatic carbocycles. The van der Waals surface area contributed by atoms with Gasteiger partial charge < -0.3 is 9.47 Å². The Labute approximate surface area is 192 Å². The average molecular weight is 437 g/mol. The number of hydrogen-bond acceptors (Lipinski definition) is 4. The van der Waals surface area contributed by atoms with Crippen LogP contribution >= 0.6 is 0 Å². The zero-order valence-electron chi connectivity index (χ0n) is 19.6. The lowest BCUT2D eigenvalue weighted by molar-refractivity contribution is -0.155. The fourth-order valence-electron chi connectivity index (χ4n) is 3.63. The molecule has 0 spiro atoms. The van der Waals surface area contributed by atoms with E-state index in [0.29, 0.717) is 19.6 Å². The van der Waals surface area contributed by atoms with Crippen molar-refractivity contribution in [3.63, 3.8) is 0 Å². The molecule has 4 nitrogen and oxygen atoms in total. The van der Waals surface area contributed by atoms with E-state index >= 15 is 0 Å². The van der Waals surface area contributed by atoms with Crippen LogP contribution in [0.4, 0.5) is 0 Å². The van der Waals surface area contributed by atoms with Gasteiger partial charge in [-0.25, -0.2) is 0 Å². The molecule has 2 aromatic rings. The van der Waals surface area contributed by atoms with E-state index in [2.05, 4.69) is 25.1 Å². The first-order chi connectivity index (χ1) is 15.6. The van der Waals surface area contributed by atoms with Gasteiger partial charge in [0.25, 0.3) is 0 Å². The fraction of sp³-hybridized carbons (Fsp3) is 0.429. The Morgan fingerprint density at radius 2 is 1.41 bits per heavy atom. The van der Waals surface area contributed by atoms with Gasteiger partial charge in [-0.2, -0.15) is 0 Å². The third-order valence-electron chi connectivity index (χ3n) is 5.34. The minimum atomic E-state index is -0.578. The zero-order chi connectivity index (χ0) is 23.2. The van der Waals surface area contributed by atoms with E-state index in [0.717, 1.165) is 30.4 Å². The van der Waals surface area contributed by atoms with Gasteiger partial charge in [0, 0.05) is 5.92 Å². The second-order valence-corrected chi connectivity index (χ2v) is 7.98. The average Bonchev–Trinajstić information content (AvgIpc) is 2.84. The summed E-state index contributed by atoms with van der Waals surface area (Å²) in [4.78, 5) is 25.2. The second kappa shape index (κ2) is 14.2. The lowest BCUT2D eigenvalue weighted by Crippen LogP contribution is -2.23. The number of ether oxygens (including phenoxy) is 2. The minimum absolute atomic E-state index is 0.0227. The smallest absolute Gasteiger partial charge is 0.309 e. The molecule has 0 heterocycles. The summed E-state index contributed by atoms with van der Waals surface area (Å²) in [5.74, 6) is -1.06. The molecule has 0 saturated heterocycles. The number of rotatable bonds is 13. The number of carbonyl (C=O) groups excluding carboxylic acids is 2. The van der Waals surface area contributed by atoms with Crippen molar-refractivity contribution < 1.29 is 19.1 Å². The molecular formula is C28H36O4. The van der Waals surface area contributed by atoms with Crippen LogP contribution in [0.5, 0.6) is 0 Å². The minimum Gasteiger partial charge on any atom is -0.466 e. The normalized spacial score (nSPS) is 13.3. The van der Waals surface area contributed by atoms with E-state index in [9.17, 15) is 9.59 Å². The van der Waals surface area contributed by atoms with Gasteiger partial charge >= 0.3 is 11.9 Å². The van der Waals surface area contributed by atoms with Crippen molar-refractivity contribution in [1.29, 1.82) is 0 Å². The van der Waals surface area contributed by atoms with Crippen LogP contribution in [0.1, 0.15) is 69.9 Å². The third kappa shape index (κ3) is 8.33. The molecule has 32 heavy (non-hydrogen) atoms. The summed E-state index contributed by atoms with van der Waals surface area (Å²) in [5, 5.41) is 0. The molecule has 4 heteroatoms. The van der Waals surface area contributed by atoms with Gasteiger partial charge in [0.2, 0.25) is 0 Å². The van der Waals surface area contributed by atoms with Crippen molar-refractivity contribution in [1.82, 2.24) is 0 Å². The quantitative estimate of drug-likeness (QED) is 0.333. The Morgan fingerprint density at radius 3 is 2.00 bits per heavy atom. The Morgan fingerprint density at radius 1 is 0.812 bits per heavy atom. The maximum atomic E-state index is 12.8. The molecule has 2 unspecified atom stereocenters. The molecule has 0 bridgehead atoms. The van der Waals surface area contributed by atoms with Gasteiger partial charge in [-0.15, -0.1) is 0 Å². The van der Waals surface area contributed by atoms with Gasteiger partial charge in [-0.1, -0.05) is 87.5 Å². The molecule has 0 fully saturated rings.